The summed E-state index contributed by atoms with van der Waals surface area (Å²) >= 11 is 0. The van der Waals surface area contributed by atoms with Gasteiger partial charge in [0.15, 0.2) is 5.75 Å². The molecule has 1 aliphatic carbocycles. The topological polar surface area (TPSA) is 85.9 Å². The Hall–Kier alpha value is -3.22. The molecule has 0 saturated heterocycles. The molecule has 1 saturated carbocycles. The summed E-state index contributed by atoms with van der Waals surface area (Å²) in [6, 6.07) is 14.6. The van der Waals surface area contributed by atoms with Gasteiger partial charge >= 0.3 is 12.2 Å². The fourth-order valence-corrected chi connectivity index (χ4v) is 4.89. The lowest BCUT2D eigenvalue weighted by Crippen LogP contribution is -2.50. The largest absolute Gasteiger partial charge is 0.450 e. The maximum atomic E-state index is 12.4. The van der Waals surface area contributed by atoms with Crippen LogP contribution in [-0.2, 0) is 4.89 Å². The minimum absolute atomic E-state index is 0.0244. The molecule has 2 atom stereocenters. The van der Waals surface area contributed by atoms with Crippen LogP contribution in [0.2, 0.25) is 0 Å². The van der Waals surface area contributed by atoms with E-state index in [1.165, 1.54) is 0 Å². The molecular weight excluding hydrogens is 420 g/mol. The molecule has 0 radical (unpaired) electrons. The summed E-state index contributed by atoms with van der Waals surface area (Å²) in [7, 11) is 0. The normalized spacial score (nSPS) is 21.5. The van der Waals surface area contributed by atoms with Crippen LogP contribution in [0.3, 0.4) is 0 Å². The van der Waals surface area contributed by atoms with Gasteiger partial charge in [-0.15, -0.1) is 0 Å². The molecule has 0 aromatic heterocycles. The second-order valence-corrected chi connectivity index (χ2v) is 10.1. The monoisotopic (exact) mass is 454 g/mol. The molecule has 2 unspecified atom stereocenters. The van der Waals surface area contributed by atoms with Crippen LogP contribution in [0.25, 0.3) is 0 Å². The first-order valence-electron chi connectivity index (χ1n) is 11.3. The standard InChI is InChI=1S/C26H34N2O5/c1-18-10-6-8-12-21(18)31-23(29)27-17-26(5)15-20(14-25(3,4)16-26)28-24(30)33-32-22-13-9-7-11-19(22)2/h6-13,20H,14-17H2,1-5H3,(H,27,29)(H,28,30). The molecule has 2 aromatic carbocycles. The molecule has 33 heavy (non-hydrogen) atoms. The van der Waals surface area contributed by atoms with Crippen molar-refractivity contribution in [3.8, 4) is 11.5 Å². The molecule has 178 valence electrons. The predicted octanol–water partition coefficient (Wildman–Crippen LogP) is 5.70. The van der Waals surface area contributed by atoms with Gasteiger partial charge in [0.25, 0.3) is 0 Å². The van der Waals surface area contributed by atoms with Crippen LogP contribution < -0.4 is 20.3 Å². The number of benzene rings is 2. The van der Waals surface area contributed by atoms with Crippen molar-refractivity contribution in [2.24, 2.45) is 10.8 Å². The maximum Gasteiger partial charge on any atom is 0.450 e. The molecule has 1 aliphatic rings. The van der Waals surface area contributed by atoms with Crippen molar-refractivity contribution in [1.29, 1.82) is 0 Å². The highest BCUT2D eigenvalue weighted by atomic mass is 17.2. The minimum atomic E-state index is -0.629. The van der Waals surface area contributed by atoms with Gasteiger partial charge in [-0.1, -0.05) is 57.2 Å². The quantitative estimate of drug-likeness (QED) is 0.432. The third kappa shape index (κ3) is 7.14. The number of amides is 2. The van der Waals surface area contributed by atoms with Gasteiger partial charge in [0.1, 0.15) is 5.75 Å². The van der Waals surface area contributed by atoms with Gasteiger partial charge in [-0.3, -0.25) is 4.89 Å². The van der Waals surface area contributed by atoms with Crippen LogP contribution in [0.5, 0.6) is 11.5 Å². The Bertz CT molecular complexity index is 990. The Morgan fingerprint density at radius 3 is 2.15 bits per heavy atom. The van der Waals surface area contributed by atoms with Crippen LogP contribution in [0.15, 0.2) is 48.5 Å². The van der Waals surface area contributed by atoms with E-state index in [1.807, 2.05) is 50.2 Å². The van der Waals surface area contributed by atoms with Crippen molar-refractivity contribution >= 4 is 12.2 Å². The molecule has 2 N–H and O–H groups in total. The molecular formula is C26H34N2O5. The third-order valence-electron chi connectivity index (χ3n) is 6.02. The zero-order valence-electron chi connectivity index (χ0n) is 20.1. The Labute approximate surface area is 195 Å². The predicted molar refractivity (Wildman–Crippen MR) is 126 cm³/mol. The van der Waals surface area contributed by atoms with Crippen molar-refractivity contribution in [2.75, 3.05) is 6.54 Å². The van der Waals surface area contributed by atoms with Crippen molar-refractivity contribution < 1.29 is 24.1 Å². The van der Waals surface area contributed by atoms with Crippen LogP contribution in [0.4, 0.5) is 9.59 Å². The molecule has 3 rings (SSSR count). The molecule has 7 nitrogen and oxygen atoms in total. The van der Waals surface area contributed by atoms with Crippen LogP contribution >= 0.6 is 0 Å². The van der Waals surface area contributed by atoms with Gasteiger partial charge in [0.05, 0.1) is 0 Å². The lowest BCUT2D eigenvalue weighted by atomic mass is 9.62. The number of carbonyl (C=O) groups excluding carboxylic acids is 2. The lowest BCUT2D eigenvalue weighted by Gasteiger charge is -2.46. The van der Waals surface area contributed by atoms with E-state index in [4.69, 9.17) is 14.5 Å². The summed E-state index contributed by atoms with van der Waals surface area (Å²) in [5.74, 6) is 1.04. The first-order valence-corrected chi connectivity index (χ1v) is 11.3. The van der Waals surface area contributed by atoms with Gasteiger partial charge in [0.2, 0.25) is 0 Å². The third-order valence-corrected chi connectivity index (χ3v) is 6.02. The highest BCUT2D eigenvalue weighted by molar-refractivity contribution is 5.70. The molecule has 0 bridgehead atoms. The van der Waals surface area contributed by atoms with E-state index in [9.17, 15) is 9.59 Å². The van der Waals surface area contributed by atoms with Gasteiger partial charge in [-0.2, -0.15) is 0 Å². The van der Waals surface area contributed by atoms with E-state index in [-0.39, 0.29) is 16.9 Å². The van der Waals surface area contributed by atoms with Crippen molar-refractivity contribution in [1.82, 2.24) is 10.6 Å². The fraction of sp³-hybridized carbons (Fsp3) is 0.462. The second-order valence-electron chi connectivity index (χ2n) is 10.1. The lowest BCUT2D eigenvalue weighted by molar-refractivity contribution is -0.144. The van der Waals surface area contributed by atoms with E-state index in [0.29, 0.717) is 24.5 Å². The maximum absolute atomic E-state index is 12.4. The van der Waals surface area contributed by atoms with Crippen molar-refractivity contribution in [2.45, 2.75) is 59.9 Å². The molecule has 2 amide bonds. The van der Waals surface area contributed by atoms with E-state index >= 15 is 0 Å². The van der Waals surface area contributed by atoms with Crippen LogP contribution in [-0.4, -0.2) is 24.8 Å². The zero-order chi connectivity index (χ0) is 24.1. The number of para-hydroxylation sites is 2. The summed E-state index contributed by atoms with van der Waals surface area (Å²) in [6.45, 7) is 10.7. The molecule has 1 fully saturated rings. The molecule has 7 heteroatoms. The highest BCUT2D eigenvalue weighted by Crippen LogP contribution is 2.45. The summed E-state index contributed by atoms with van der Waals surface area (Å²) in [6.07, 6.45) is 1.29. The fourth-order valence-electron chi connectivity index (χ4n) is 4.89. The first-order chi connectivity index (χ1) is 15.6. The van der Waals surface area contributed by atoms with Crippen LogP contribution in [0.1, 0.15) is 51.2 Å². The van der Waals surface area contributed by atoms with Gasteiger partial charge in [0, 0.05) is 12.6 Å². The molecule has 0 spiro atoms. The highest BCUT2D eigenvalue weighted by Gasteiger charge is 2.42. The summed E-state index contributed by atoms with van der Waals surface area (Å²) in [4.78, 5) is 34.9. The number of nitrogens with one attached hydrogen (secondary N) is 2. The minimum Gasteiger partial charge on any atom is -0.410 e. The van der Waals surface area contributed by atoms with E-state index in [1.54, 1.807) is 12.1 Å². The molecule has 0 aliphatic heterocycles. The molecule has 0 heterocycles. The number of hydrogen-bond acceptors (Lipinski definition) is 5. The SMILES string of the molecule is Cc1ccccc1OOC(=O)NC1CC(C)(C)CC(C)(CNC(=O)Oc2ccccc2C)C1. The Balaban J connectivity index is 1.54. The number of aryl methyl sites for hydroxylation is 2. The Kier molecular flexibility index (Phi) is 7.51. The Morgan fingerprint density at radius 2 is 1.52 bits per heavy atom. The second kappa shape index (κ2) is 10.1. The summed E-state index contributed by atoms with van der Waals surface area (Å²) in [5.41, 5.74) is 1.53. The van der Waals surface area contributed by atoms with Gasteiger partial charge in [-0.25, -0.2) is 14.5 Å². The Morgan fingerprint density at radius 1 is 0.909 bits per heavy atom. The summed E-state index contributed by atoms with van der Waals surface area (Å²) in [5, 5.41) is 5.83. The zero-order valence-corrected chi connectivity index (χ0v) is 20.1. The number of rotatable bonds is 6. The van der Waals surface area contributed by atoms with Gasteiger partial charge in [-0.05, 0) is 67.2 Å². The van der Waals surface area contributed by atoms with Crippen LogP contribution in [0, 0.1) is 24.7 Å². The summed E-state index contributed by atoms with van der Waals surface area (Å²) < 4.78 is 5.45. The smallest absolute Gasteiger partial charge is 0.410 e. The van der Waals surface area contributed by atoms with E-state index in [2.05, 4.69) is 31.4 Å². The average molecular weight is 455 g/mol. The van der Waals surface area contributed by atoms with Crippen molar-refractivity contribution in [3.63, 3.8) is 0 Å². The van der Waals surface area contributed by atoms with E-state index < -0.39 is 12.2 Å². The van der Waals surface area contributed by atoms with Gasteiger partial charge < -0.3 is 15.4 Å². The number of carbonyl (C=O) groups is 2. The number of hydrogen-bond donors (Lipinski definition) is 2. The molecule has 2 aromatic rings. The number of ether oxygens (including phenoxy) is 1. The van der Waals surface area contributed by atoms with E-state index in [0.717, 1.165) is 24.0 Å². The van der Waals surface area contributed by atoms with Crippen molar-refractivity contribution in [3.05, 3.63) is 59.7 Å². The first kappa shape index (κ1) is 24.4. The average Bonchev–Trinajstić information content (AvgIpc) is 2.72.